The molecule has 1 atom stereocenters. The van der Waals surface area contributed by atoms with Gasteiger partial charge in [-0.3, -0.25) is 0 Å². The number of aromatic nitrogens is 1. The quantitative estimate of drug-likeness (QED) is 0.851. The van der Waals surface area contributed by atoms with Gasteiger partial charge in [-0.1, -0.05) is 6.92 Å². The van der Waals surface area contributed by atoms with Crippen molar-refractivity contribution >= 4 is 5.82 Å². The summed E-state index contributed by atoms with van der Waals surface area (Å²) in [6.45, 7) is 9.12. The summed E-state index contributed by atoms with van der Waals surface area (Å²) in [5, 5.41) is 3.37. The molecule has 0 spiro atoms. The molecule has 19 heavy (non-hydrogen) atoms. The van der Waals surface area contributed by atoms with E-state index in [1.807, 2.05) is 0 Å². The van der Waals surface area contributed by atoms with E-state index in [1.54, 1.807) is 7.11 Å². The molecule has 1 unspecified atom stereocenters. The van der Waals surface area contributed by atoms with Gasteiger partial charge in [0.15, 0.2) is 0 Å². The summed E-state index contributed by atoms with van der Waals surface area (Å²) < 4.78 is 5.25. The van der Waals surface area contributed by atoms with E-state index in [1.165, 1.54) is 12.0 Å². The van der Waals surface area contributed by atoms with Crippen LogP contribution in [0.3, 0.4) is 0 Å². The largest absolute Gasteiger partial charge is 0.384 e. The van der Waals surface area contributed by atoms with Gasteiger partial charge in [-0.15, -0.1) is 0 Å². The minimum atomic E-state index is 0.643. The van der Waals surface area contributed by atoms with E-state index >= 15 is 0 Å². The predicted octanol–water partition coefficient (Wildman–Crippen LogP) is 1.97. The Kier molecular flexibility index (Phi) is 5.16. The Bertz CT molecular complexity index is 408. The molecule has 0 bridgehead atoms. The van der Waals surface area contributed by atoms with E-state index < -0.39 is 0 Å². The number of anilines is 1. The van der Waals surface area contributed by atoms with Crippen LogP contribution in [-0.4, -0.2) is 38.3 Å². The zero-order valence-corrected chi connectivity index (χ0v) is 12.3. The van der Waals surface area contributed by atoms with Gasteiger partial charge in [0, 0.05) is 38.4 Å². The average Bonchev–Trinajstić information content (AvgIpc) is 2.85. The summed E-state index contributed by atoms with van der Waals surface area (Å²) >= 11 is 0. The molecule has 106 valence electrons. The second-order valence-electron chi connectivity index (χ2n) is 5.31. The summed E-state index contributed by atoms with van der Waals surface area (Å²) in [6, 6.07) is 4.37. The first-order chi connectivity index (χ1) is 9.22. The summed E-state index contributed by atoms with van der Waals surface area (Å²) in [5.41, 5.74) is 2.42. The Morgan fingerprint density at radius 2 is 2.32 bits per heavy atom. The van der Waals surface area contributed by atoms with Crippen molar-refractivity contribution in [2.24, 2.45) is 5.92 Å². The second kappa shape index (κ2) is 6.87. The van der Waals surface area contributed by atoms with Gasteiger partial charge in [0.25, 0.3) is 0 Å². The lowest BCUT2D eigenvalue weighted by atomic mass is 10.1. The van der Waals surface area contributed by atoms with Crippen LogP contribution >= 0.6 is 0 Å². The minimum absolute atomic E-state index is 0.643. The smallest absolute Gasteiger partial charge is 0.129 e. The topological polar surface area (TPSA) is 37.4 Å². The van der Waals surface area contributed by atoms with Crippen LogP contribution in [0.25, 0.3) is 0 Å². The fraction of sp³-hybridized carbons (Fsp3) is 0.667. The van der Waals surface area contributed by atoms with Gasteiger partial charge in [-0.25, -0.2) is 4.98 Å². The SMILES string of the molecule is CCNCc1cc(C)nc(N2CCC(COC)C2)c1. The highest BCUT2D eigenvalue weighted by atomic mass is 16.5. The normalized spacial score (nSPS) is 19.1. The Morgan fingerprint density at radius 3 is 3.05 bits per heavy atom. The van der Waals surface area contributed by atoms with Crippen molar-refractivity contribution in [3.8, 4) is 0 Å². The van der Waals surface area contributed by atoms with E-state index in [9.17, 15) is 0 Å². The Morgan fingerprint density at radius 1 is 1.47 bits per heavy atom. The summed E-state index contributed by atoms with van der Waals surface area (Å²) in [5.74, 6) is 1.76. The number of nitrogens with zero attached hydrogens (tertiary/aromatic N) is 2. The number of pyridine rings is 1. The number of aryl methyl sites for hydroxylation is 1. The van der Waals surface area contributed by atoms with E-state index in [2.05, 4.69) is 41.2 Å². The van der Waals surface area contributed by atoms with Crippen molar-refractivity contribution in [1.82, 2.24) is 10.3 Å². The highest BCUT2D eigenvalue weighted by molar-refractivity contribution is 5.43. The summed E-state index contributed by atoms with van der Waals surface area (Å²) in [4.78, 5) is 7.06. The molecule has 2 rings (SSSR count). The van der Waals surface area contributed by atoms with Crippen molar-refractivity contribution in [2.75, 3.05) is 38.3 Å². The predicted molar refractivity (Wildman–Crippen MR) is 78.6 cm³/mol. The van der Waals surface area contributed by atoms with Gasteiger partial charge in [0.1, 0.15) is 5.82 Å². The van der Waals surface area contributed by atoms with Gasteiger partial charge >= 0.3 is 0 Å². The molecule has 0 amide bonds. The van der Waals surface area contributed by atoms with Gasteiger partial charge in [-0.05, 0) is 37.6 Å². The maximum Gasteiger partial charge on any atom is 0.129 e. The maximum absolute atomic E-state index is 5.25. The number of nitrogens with one attached hydrogen (secondary N) is 1. The molecular weight excluding hydrogens is 238 g/mol. The first-order valence-corrected chi connectivity index (χ1v) is 7.15. The number of hydrogen-bond donors (Lipinski definition) is 1. The minimum Gasteiger partial charge on any atom is -0.384 e. The zero-order valence-electron chi connectivity index (χ0n) is 12.3. The van der Waals surface area contributed by atoms with Crippen LogP contribution < -0.4 is 10.2 Å². The lowest BCUT2D eigenvalue weighted by Gasteiger charge is -2.19. The third-order valence-electron chi connectivity index (χ3n) is 3.59. The Labute approximate surface area is 116 Å². The van der Waals surface area contributed by atoms with Crippen LogP contribution in [-0.2, 0) is 11.3 Å². The molecule has 0 saturated carbocycles. The number of rotatable bonds is 6. The molecule has 4 nitrogen and oxygen atoms in total. The van der Waals surface area contributed by atoms with Crippen LogP contribution in [0.1, 0.15) is 24.6 Å². The van der Waals surface area contributed by atoms with E-state index in [0.29, 0.717) is 5.92 Å². The van der Waals surface area contributed by atoms with E-state index in [4.69, 9.17) is 4.74 Å². The molecule has 1 fully saturated rings. The van der Waals surface area contributed by atoms with Crippen molar-refractivity contribution in [3.05, 3.63) is 23.4 Å². The van der Waals surface area contributed by atoms with Gasteiger partial charge in [0.2, 0.25) is 0 Å². The Hall–Kier alpha value is -1.13. The molecule has 0 radical (unpaired) electrons. The van der Waals surface area contributed by atoms with Crippen LogP contribution in [0.2, 0.25) is 0 Å². The summed E-state index contributed by atoms with van der Waals surface area (Å²) in [7, 11) is 1.78. The number of ether oxygens (including phenoxy) is 1. The lowest BCUT2D eigenvalue weighted by Crippen LogP contribution is -2.23. The molecule has 0 aromatic carbocycles. The maximum atomic E-state index is 5.25. The van der Waals surface area contributed by atoms with Crippen molar-refractivity contribution < 1.29 is 4.74 Å². The summed E-state index contributed by atoms with van der Waals surface area (Å²) in [6.07, 6.45) is 1.20. The monoisotopic (exact) mass is 263 g/mol. The molecular formula is C15H25N3O. The van der Waals surface area contributed by atoms with E-state index in [-0.39, 0.29) is 0 Å². The standard InChI is InChI=1S/C15H25N3O/c1-4-16-9-14-7-12(2)17-15(8-14)18-6-5-13(10-18)11-19-3/h7-8,13,16H,4-6,9-11H2,1-3H3. The third kappa shape index (κ3) is 3.91. The van der Waals surface area contributed by atoms with Gasteiger partial charge in [0.05, 0.1) is 6.61 Å². The number of hydrogen-bond acceptors (Lipinski definition) is 4. The van der Waals surface area contributed by atoms with Crippen molar-refractivity contribution in [1.29, 1.82) is 0 Å². The fourth-order valence-corrected chi connectivity index (χ4v) is 2.67. The molecule has 2 heterocycles. The average molecular weight is 263 g/mol. The highest BCUT2D eigenvalue weighted by Crippen LogP contribution is 2.23. The number of methoxy groups -OCH3 is 1. The van der Waals surface area contributed by atoms with Crippen molar-refractivity contribution in [2.45, 2.75) is 26.8 Å². The van der Waals surface area contributed by atoms with Crippen LogP contribution in [0.15, 0.2) is 12.1 Å². The molecule has 1 aromatic rings. The van der Waals surface area contributed by atoms with Gasteiger partial charge < -0.3 is 15.0 Å². The third-order valence-corrected chi connectivity index (χ3v) is 3.59. The zero-order chi connectivity index (χ0) is 13.7. The first-order valence-electron chi connectivity index (χ1n) is 7.15. The molecule has 1 aromatic heterocycles. The molecule has 0 aliphatic carbocycles. The Balaban J connectivity index is 2.05. The molecule has 4 heteroatoms. The van der Waals surface area contributed by atoms with E-state index in [0.717, 1.165) is 44.3 Å². The second-order valence-corrected chi connectivity index (χ2v) is 5.31. The highest BCUT2D eigenvalue weighted by Gasteiger charge is 2.23. The van der Waals surface area contributed by atoms with Gasteiger partial charge in [-0.2, -0.15) is 0 Å². The molecule has 1 aliphatic heterocycles. The fourth-order valence-electron chi connectivity index (χ4n) is 2.67. The molecule has 1 N–H and O–H groups in total. The molecule has 1 saturated heterocycles. The molecule has 1 aliphatic rings. The lowest BCUT2D eigenvalue weighted by molar-refractivity contribution is 0.161. The van der Waals surface area contributed by atoms with Crippen LogP contribution in [0.5, 0.6) is 0 Å². The van der Waals surface area contributed by atoms with Crippen molar-refractivity contribution in [3.63, 3.8) is 0 Å². The van der Waals surface area contributed by atoms with Crippen LogP contribution in [0.4, 0.5) is 5.82 Å². The first kappa shape index (κ1) is 14.3. The van der Waals surface area contributed by atoms with Crippen LogP contribution in [0, 0.1) is 12.8 Å².